The number of carbonyl (C=O) groups is 1. The molecule has 1 aromatic carbocycles. The van der Waals surface area contributed by atoms with Crippen molar-refractivity contribution in [2.24, 2.45) is 0 Å². The summed E-state index contributed by atoms with van der Waals surface area (Å²) in [6, 6.07) is 2.97. The Balaban J connectivity index is 2.78. The number of halogens is 1. The van der Waals surface area contributed by atoms with Gasteiger partial charge < -0.3 is 15.9 Å². The van der Waals surface area contributed by atoms with Crippen molar-refractivity contribution in [3.05, 3.63) is 29.6 Å². The summed E-state index contributed by atoms with van der Waals surface area (Å²) in [6.45, 7) is 0. The minimum atomic E-state index is -1.03. The van der Waals surface area contributed by atoms with E-state index in [1.807, 2.05) is 0 Å². The third kappa shape index (κ3) is 2.43. The Labute approximate surface area is 79.8 Å². The topological polar surface area (TPSA) is 85.2 Å². The molecular weight excluding hydrogens is 189 g/mol. The van der Waals surface area contributed by atoms with Crippen molar-refractivity contribution in [1.29, 1.82) is 0 Å². The summed E-state index contributed by atoms with van der Waals surface area (Å²) in [5, 5.41) is 17.4. The van der Waals surface area contributed by atoms with Gasteiger partial charge in [0, 0.05) is 6.42 Å². The van der Waals surface area contributed by atoms with Gasteiger partial charge in [-0.25, -0.2) is 9.18 Å². The van der Waals surface area contributed by atoms with Gasteiger partial charge in [-0.2, -0.15) is 0 Å². The number of hydrogen-bond donors (Lipinski definition) is 3. The van der Waals surface area contributed by atoms with Crippen LogP contribution < -0.4 is 5.73 Å². The van der Waals surface area contributed by atoms with Crippen LogP contribution in [0.1, 0.15) is 5.56 Å². The molecule has 1 rings (SSSR count). The van der Waals surface area contributed by atoms with Gasteiger partial charge in [-0.15, -0.1) is 0 Å². The van der Waals surface area contributed by atoms with Gasteiger partial charge in [0.05, 0.1) is 0 Å². The van der Waals surface area contributed by atoms with Crippen LogP contribution >= 0.6 is 0 Å². The molecule has 0 aliphatic carbocycles. The van der Waals surface area contributed by atoms with Crippen molar-refractivity contribution in [2.45, 2.75) is 12.5 Å². The SMILES string of the molecule is [NH3+][C@@H](Cc1ccc(O)c(F)c1)C(=O)O. The second-order valence-corrected chi connectivity index (χ2v) is 3.03. The van der Waals surface area contributed by atoms with Gasteiger partial charge in [0.2, 0.25) is 0 Å². The number of benzene rings is 1. The number of phenolic OH excluding ortho intramolecular Hbond substituents is 1. The lowest BCUT2D eigenvalue weighted by molar-refractivity contribution is -0.407. The highest BCUT2D eigenvalue weighted by Crippen LogP contribution is 2.16. The maximum atomic E-state index is 12.8. The molecule has 14 heavy (non-hydrogen) atoms. The van der Waals surface area contributed by atoms with E-state index < -0.39 is 23.6 Å². The number of phenols is 1. The van der Waals surface area contributed by atoms with Crippen molar-refractivity contribution < 1.29 is 25.1 Å². The van der Waals surface area contributed by atoms with Crippen LogP contribution in [0.2, 0.25) is 0 Å². The van der Waals surface area contributed by atoms with E-state index in [9.17, 15) is 9.18 Å². The molecule has 4 nitrogen and oxygen atoms in total. The summed E-state index contributed by atoms with van der Waals surface area (Å²) in [5.74, 6) is -2.22. The van der Waals surface area contributed by atoms with Gasteiger partial charge >= 0.3 is 5.97 Å². The van der Waals surface area contributed by atoms with E-state index in [0.29, 0.717) is 5.56 Å². The Kier molecular flexibility index (Phi) is 3.03. The number of hydrogen-bond acceptors (Lipinski definition) is 2. The molecular formula is C9H11FNO3+. The lowest BCUT2D eigenvalue weighted by atomic mass is 10.1. The summed E-state index contributed by atoms with van der Waals surface area (Å²) in [7, 11) is 0. The first-order valence-corrected chi connectivity index (χ1v) is 4.04. The highest BCUT2D eigenvalue weighted by Gasteiger charge is 2.16. The van der Waals surface area contributed by atoms with Gasteiger partial charge in [0.1, 0.15) is 0 Å². The molecule has 0 aliphatic rings. The van der Waals surface area contributed by atoms with E-state index in [1.54, 1.807) is 0 Å². The first kappa shape index (κ1) is 10.5. The normalized spacial score (nSPS) is 12.4. The van der Waals surface area contributed by atoms with Crippen molar-refractivity contribution >= 4 is 5.97 Å². The van der Waals surface area contributed by atoms with Crippen molar-refractivity contribution in [3.8, 4) is 5.75 Å². The van der Waals surface area contributed by atoms with E-state index in [-0.39, 0.29) is 6.42 Å². The van der Waals surface area contributed by atoms with Crippen molar-refractivity contribution in [2.75, 3.05) is 0 Å². The predicted octanol–water partition coefficient (Wildman–Crippen LogP) is -0.231. The molecule has 0 spiro atoms. The van der Waals surface area contributed by atoms with Crippen molar-refractivity contribution in [3.63, 3.8) is 0 Å². The minimum Gasteiger partial charge on any atom is -0.505 e. The van der Waals surface area contributed by atoms with Gasteiger partial charge in [-0.3, -0.25) is 0 Å². The monoisotopic (exact) mass is 200 g/mol. The first-order chi connectivity index (χ1) is 6.50. The Morgan fingerprint density at radius 3 is 2.71 bits per heavy atom. The molecule has 5 N–H and O–H groups in total. The third-order valence-corrected chi connectivity index (χ3v) is 1.84. The average Bonchev–Trinajstić information content (AvgIpc) is 2.11. The van der Waals surface area contributed by atoms with Crippen LogP contribution in [0, 0.1) is 5.82 Å². The molecule has 0 saturated heterocycles. The molecule has 0 aromatic heterocycles. The molecule has 0 amide bonds. The van der Waals surface area contributed by atoms with E-state index >= 15 is 0 Å². The van der Waals surface area contributed by atoms with Crippen LogP contribution in [0.25, 0.3) is 0 Å². The predicted molar refractivity (Wildman–Crippen MR) is 46.1 cm³/mol. The zero-order valence-corrected chi connectivity index (χ0v) is 7.40. The van der Waals surface area contributed by atoms with Crippen LogP contribution in [0.15, 0.2) is 18.2 Å². The summed E-state index contributed by atoms with van der Waals surface area (Å²) < 4.78 is 12.8. The van der Waals surface area contributed by atoms with E-state index in [4.69, 9.17) is 10.2 Å². The molecule has 5 heteroatoms. The number of quaternary nitrogens is 1. The Morgan fingerprint density at radius 1 is 1.57 bits per heavy atom. The Morgan fingerprint density at radius 2 is 2.21 bits per heavy atom. The van der Waals surface area contributed by atoms with Crippen LogP contribution in [-0.2, 0) is 11.2 Å². The molecule has 0 bridgehead atoms. The number of carboxylic acid groups (broad SMARTS) is 1. The smallest absolute Gasteiger partial charge is 0.362 e. The lowest BCUT2D eigenvalue weighted by Crippen LogP contribution is -2.65. The quantitative estimate of drug-likeness (QED) is 0.630. The van der Waals surface area contributed by atoms with Gasteiger partial charge in [0.25, 0.3) is 0 Å². The molecule has 1 atom stereocenters. The number of aromatic hydroxyl groups is 1. The molecule has 76 valence electrons. The summed E-state index contributed by atoms with van der Waals surface area (Å²) in [5.41, 5.74) is 3.90. The second kappa shape index (κ2) is 4.06. The van der Waals surface area contributed by atoms with Crippen LogP contribution in [0.5, 0.6) is 5.75 Å². The maximum Gasteiger partial charge on any atom is 0.362 e. The van der Waals surface area contributed by atoms with Gasteiger partial charge in [-0.05, 0) is 17.7 Å². The van der Waals surface area contributed by atoms with E-state index in [1.165, 1.54) is 12.1 Å². The fourth-order valence-electron chi connectivity index (χ4n) is 1.05. The number of carboxylic acids is 1. The molecule has 0 heterocycles. The fourth-order valence-corrected chi connectivity index (χ4v) is 1.05. The molecule has 0 aliphatic heterocycles. The molecule has 1 aromatic rings. The van der Waals surface area contributed by atoms with E-state index in [0.717, 1.165) is 6.07 Å². The second-order valence-electron chi connectivity index (χ2n) is 3.03. The highest BCUT2D eigenvalue weighted by atomic mass is 19.1. The number of aliphatic carboxylic acids is 1. The summed E-state index contributed by atoms with van der Waals surface area (Å²) in [6.07, 6.45) is 0.145. The molecule has 0 unspecified atom stereocenters. The van der Waals surface area contributed by atoms with E-state index in [2.05, 4.69) is 5.73 Å². The molecule has 0 radical (unpaired) electrons. The third-order valence-electron chi connectivity index (χ3n) is 1.84. The summed E-state index contributed by atoms with van der Waals surface area (Å²) in [4.78, 5) is 10.4. The fraction of sp³-hybridized carbons (Fsp3) is 0.222. The maximum absolute atomic E-state index is 12.8. The first-order valence-electron chi connectivity index (χ1n) is 4.04. The standard InChI is InChI=1S/C9H10FNO3/c10-6-3-5(1-2-8(6)12)4-7(11)9(13)14/h1-3,7,12H,4,11H2,(H,13,14)/p+1/t7-/m0/s1. The zero-order valence-electron chi connectivity index (χ0n) is 7.40. The van der Waals surface area contributed by atoms with Crippen LogP contribution in [-0.4, -0.2) is 22.2 Å². The van der Waals surface area contributed by atoms with Crippen molar-refractivity contribution in [1.82, 2.24) is 0 Å². The largest absolute Gasteiger partial charge is 0.505 e. The molecule has 0 fully saturated rings. The number of rotatable bonds is 3. The Bertz CT molecular complexity index is 354. The van der Waals surface area contributed by atoms with Crippen LogP contribution in [0.3, 0.4) is 0 Å². The zero-order chi connectivity index (χ0) is 10.7. The minimum absolute atomic E-state index is 0.145. The average molecular weight is 200 g/mol. The van der Waals surface area contributed by atoms with Gasteiger partial charge in [0.15, 0.2) is 17.6 Å². The Hall–Kier alpha value is -1.62. The summed E-state index contributed by atoms with van der Waals surface area (Å²) >= 11 is 0. The van der Waals surface area contributed by atoms with Crippen LogP contribution in [0.4, 0.5) is 4.39 Å². The molecule has 0 saturated carbocycles. The highest BCUT2D eigenvalue weighted by molar-refractivity contribution is 5.71. The lowest BCUT2D eigenvalue weighted by Gasteiger charge is -2.04. The van der Waals surface area contributed by atoms with Gasteiger partial charge in [-0.1, -0.05) is 6.07 Å².